The fourth-order valence-electron chi connectivity index (χ4n) is 3.83. The maximum atomic E-state index is 5.98. The molecule has 0 aromatic rings. The molecule has 0 radical (unpaired) electrons. The fraction of sp³-hybridized carbons (Fsp3) is 0.800. The van der Waals surface area contributed by atoms with E-state index in [9.17, 15) is 0 Å². The number of nitrogens with one attached hydrogen (secondary N) is 2. The van der Waals surface area contributed by atoms with Gasteiger partial charge in [-0.15, -0.1) is 0 Å². The highest BCUT2D eigenvalue weighted by atomic mass is 16.5. The second-order valence-corrected chi connectivity index (χ2v) is 7.18. The summed E-state index contributed by atoms with van der Waals surface area (Å²) in [6, 6.07) is 0.442. The Morgan fingerprint density at radius 1 is 1.31 bits per heavy atom. The van der Waals surface area contributed by atoms with Gasteiger partial charge >= 0.3 is 0 Å². The van der Waals surface area contributed by atoms with Gasteiger partial charge in [-0.05, 0) is 45.5 Å². The molecule has 1 aliphatic heterocycles. The first-order chi connectivity index (χ1) is 12.4. The molecular formula is C20H40N4O2. The molecule has 1 heterocycles. The second-order valence-electron chi connectivity index (χ2n) is 7.18. The minimum absolute atomic E-state index is 0.0325. The van der Waals surface area contributed by atoms with E-state index in [0.29, 0.717) is 5.92 Å². The number of likely N-dealkylation sites (N-methyl/N-ethyl adjacent to an activating group) is 1. The largest absolute Gasteiger partial charge is 0.379 e. The fourth-order valence-corrected chi connectivity index (χ4v) is 3.83. The molecule has 6 nitrogen and oxygen atoms in total. The lowest BCUT2D eigenvalue weighted by molar-refractivity contribution is 0.0213. The molecule has 2 unspecified atom stereocenters. The highest BCUT2D eigenvalue weighted by Crippen LogP contribution is 2.26. The van der Waals surface area contributed by atoms with Crippen LogP contribution in [0.1, 0.15) is 34.6 Å². The first-order valence-electron chi connectivity index (χ1n) is 9.79. The number of hydrogen-bond donors (Lipinski definition) is 2. The van der Waals surface area contributed by atoms with Crippen molar-refractivity contribution in [2.75, 3.05) is 47.0 Å². The van der Waals surface area contributed by atoms with Gasteiger partial charge in [-0.2, -0.15) is 0 Å². The lowest BCUT2D eigenvalue weighted by Gasteiger charge is -2.40. The zero-order chi connectivity index (χ0) is 19.7. The van der Waals surface area contributed by atoms with E-state index in [1.807, 2.05) is 13.2 Å². The predicted octanol–water partition coefficient (Wildman–Crippen LogP) is 2.21. The van der Waals surface area contributed by atoms with Crippen molar-refractivity contribution in [3.63, 3.8) is 0 Å². The van der Waals surface area contributed by atoms with E-state index in [1.165, 1.54) is 11.3 Å². The summed E-state index contributed by atoms with van der Waals surface area (Å²) in [6.07, 6.45) is 1.90. The zero-order valence-corrected chi connectivity index (χ0v) is 17.8. The number of methoxy groups -OCH3 is 1. The molecule has 152 valence electrons. The number of rotatable bonds is 11. The summed E-state index contributed by atoms with van der Waals surface area (Å²) in [7, 11) is 3.70. The quantitative estimate of drug-likeness (QED) is 0.545. The number of morpholine rings is 1. The third-order valence-corrected chi connectivity index (χ3v) is 5.30. The van der Waals surface area contributed by atoms with Crippen molar-refractivity contribution < 1.29 is 9.47 Å². The van der Waals surface area contributed by atoms with Crippen molar-refractivity contribution in [1.82, 2.24) is 20.7 Å². The molecule has 1 rings (SSSR count). The Bertz CT molecular complexity index is 447. The summed E-state index contributed by atoms with van der Waals surface area (Å²) in [4.78, 5) is 4.73. The Morgan fingerprint density at radius 2 is 1.92 bits per heavy atom. The van der Waals surface area contributed by atoms with E-state index in [1.54, 1.807) is 7.11 Å². The molecule has 0 aliphatic carbocycles. The van der Waals surface area contributed by atoms with Crippen LogP contribution >= 0.6 is 0 Å². The van der Waals surface area contributed by atoms with Gasteiger partial charge in [0.2, 0.25) is 0 Å². The molecule has 0 spiro atoms. The smallest absolute Gasteiger partial charge is 0.0967 e. The number of hydrogen-bond acceptors (Lipinski definition) is 6. The molecule has 0 bridgehead atoms. The molecule has 2 N–H and O–H groups in total. The molecule has 3 atom stereocenters. The first-order valence-corrected chi connectivity index (χ1v) is 9.79. The van der Waals surface area contributed by atoms with Crippen LogP contribution in [0.25, 0.3) is 0 Å². The monoisotopic (exact) mass is 368 g/mol. The summed E-state index contributed by atoms with van der Waals surface area (Å²) in [5.41, 5.74) is 8.99. The van der Waals surface area contributed by atoms with Crippen LogP contribution < -0.4 is 10.9 Å². The topological polar surface area (TPSA) is 49.0 Å². The summed E-state index contributed by atoms with van der Waals surface area (Å²) in [5.74, 6) is 0.418. The van der Waals surface area contributed by atoms with Crippen molar-refractivity contribution in [3.05, 3.63) is 24.0 Å². The Labute approximate surface area is 160 Å². The molecule has 1 fully saturated rings. The van der Waals surface area contributed by atoms with Gasteiger partial charge in [0.15, 0.2) is 0 Å². The lowest BCUT2D eigenvalue weighted by atomic mass is 9.91. The van der Waals surface area contributed by atoms with E-state index in [-0.39, 0.29) is 18.2 Å². The molecule has 6 heteroatoms. The lowest BCUT2D eigenvalue weighted by Crippen LogP contribution is -2.52. The van der Waals surface area contributed by atoms with Crippen LogP contribution in [0.3, 0.4) is 0 Å². The molecule has 1 saturated heterocycles. The van der Waals surface area contributed by atoms with E-state index in [0.717, 1.165) is 32.8 Å². The van der Waals surface area contributed by atoms with Crippen LogP contribution in [-0.4, -0.2) is 75.0 Å². The van der Waals surface area contributed by atoms with Gasteiger partial charge in [-0.25, -0.2) is 0 Å². The third kappa shape index (κ3) is 5.79. The molecule has 0 amide bonds. The van der Waals surface area contributed by atoms with E-state index < -0.39 is 0 Å². The van der Waals surface area contributed by atoms with Crippen LogP contribution in [0.5, 0.6) is 0 Å². The average molecular weight is 369 g/mol. The summed E-state index contributed by atoms with van der Waals surface area (Å²) in [6.45, 7) is 19.5. The Morgan fingerprint density at radius 3 is 2.35 bits per heavy atom. The molecule has 0 aromatic heterocycles. The van der Waals surface area contributed by atoms with Crippen molar-refractivity contribution >= 4 is 0 Å². The third-order valence-electron chi connectivity index (χ3n) is 5.30. The minimum Gasteiger partial charge on any atom is -0.379 e. The van der Waals surface area contributed by atoms with E-state index in [2.05, 4.69) is 61.8 Å². The highest BCUT2D eigenvalue weighted by Gasteiger charge is 2.31. The van der Waals surface area contributed by atoms with Crippen LogP contribution in [0.4, 0.5) is 0 Å². The number of nitrogens with zero attached hydrogens (tertiary/aromatic N) is 2. The van der Waals surface area contributed by atoms with Crippen LogP contribution in [0.15, 0.2) is 24.0 Å². The first kappa shape index (κ1) is 23.1. The predicted molar refractivity (Wildman–Crippen MR) is 109 cm³/mol. The summed E-state index contributed by atoms with van der Waals surface area (Å²) in [5, 5.41) is 0. The SMILES string of the molecule is C=CN(CC)/C(=C(/C)C(OC)[C@@H](NNC)C(C)C)C(C)N1CCOCC1. The molecule has 1 aliphatic rings. The van der Waals surface area contributed by atoms with Crippen LogP contribution in [0, 0.1) is 5.92 Å². The maximum Gasteiger partial charge on any atom is 0.0967 e. The van der Waals surface area contributed by atoms with Gasteiger partial charge in [-0.1, -0.05) is 20.4 Å². The highest BCUT2D eigenvalue weighted by molar-refractivity contribution is 5.24. The van der Waals surface area contributed by atoms with Gasteiger partial charge in [-0.3, -0.25) is 15.8 Å². The Kier molecular flexibility index (Phi) is 10.4. The van der Waals surface area contributed by atoms with Gasteiger partial charge in [0.1, 0.15) is 0 Å². The molecule has 0 aromatic carbocycles. The standard InChI is InChI=1S/C20H40N4O2/c1-9-23(10-2)19(17(6)24-11-13-26-14-12-24)16(5)20(25-8)18(15(3)4)22-21-7/h9,15,17-18,20-22H,1,10-14H2,2-8H3/b19-16-/t17?,18-,20?/m0/s1. The van der Waals surface area contributed by atoms with Gasteiger partial charge in [0.25, 0.3) is 0 Å². The van der Waals surface area contributed by atoms with Gasteiger partial charge < -0.3 is 14.4 Å². The Balaban J connectivity index is 3.30. The summed E-state index contributed by atoms with van der Waals surface area (Å²) >= 11 is 0. The van der Waals surface area contributed by atoms with Crippen LogP contribution in [0.2, 0.25) is 0 Å². The zero-order valence-electron chi connectivity index (χ0n) is 17.8. The number of hydrazine groups is 1. The average Bonchev–Trinajstić information content (AvgIpc) is 2.65. The van der Waals surface area contributed by atoms with Gasteiger partial charge in [0, 0.05) is 38.5 Å². The molecular weight excluding hydrogens is 328 g/mol. The van der Waals surface area contributed by atoms with Crippen molar-refractivity contribution in [2.24, 2.45) is 5.92 Å². The molecule has 0 saturated carbocycles. The van der Waals surface area contributed by atoms with E-state index in [4.69, 9.17) is 9.47 Å². The van der Waals surface area contributed by atoms with Crippen molar-refractivity contribution in [2.45, 2.75) is 52.8 Å². The molecule has 26 heavy (non-hydrogen) atoms. The summed E-state index contributed by atoms with van der Waals surface area (Å²) < 4.78 is 11.5. The maximum absolute atomic E-state index is 5.98. The van der Waals surface area contributed by atoms with Crippen molar-refractivity contribution in [1.29, 1.82) is 0 Å². The van der Waals surface area contributed by atoms with Crippen LogP contribution in [-0.2, 0) is 9.47 Å². The van der Waals surface area contributed by atoms with Gasteiger partial charge in [0.05, 0.1) is 25.4 Å². The number of ether oxygens (including phenoxy) is 2. The van der Waals surface area contributed by atoms with Crippen molar-refractivity contribution in [3.8, 4) is 0 Å². The van der Waals surface area contributed by atoms with E-state index >= 15 is 0 Å². The normalized spacial score (nSPS) is 20.5. The second kappa shape index (κ2) is 11.7. The minimum atomic E-state index is -0.0325. The Hall–Kier alpha value is -0.920.